The number of nitrogens with one attached hydrogen (secondary N) is 1. The minimum absolute atomic E-state index is 0.248. The van der Waals surface area contributed by atoms with Crippen LogP contribution in [0.2, 0.25) is 0 Å². The summed E-state index contributed by atoms with van der Waals surface area (Å²) >= 11 is 0. The fourth-order valence-corrected chi connectivity index (χ4v) is 1.24. The average Bonchev–Trinajstić information content (AvgIpc) is 2.13. The van der Waals surface area contributed by atoms with E-state index < -0.39 is 5.97 Å². The zero-order valence-electron chi connectivity index (χ0n) is 6.71. The average molecular weight is 158 g/mol. The van der Waals surface area contributed by atoms with Gasteiger partial charge in [0.25, 0.3) is 0 Å². The lowest BCUT2D eigenvalue weighted by molar-refractivity contribution is -0.141. The van der Waals surface area contributed by atoms with Crippen molar-refractivity contribution in [2.75, 3.05) is 33.2 Å². The highest BCUT2D eigenvalue weighted by Crippen LogP contribution is 2.00. The van der Waals surface area contributed by atoms with Crippen molar-refractivity contribution in [3.05, 3.63) is 0 Å². The van der Waals surface area contributed by atoms with Crippen LogP contribution in [0.5, 0.6) is 0 Å². The molecular weight excluding hydrogens is 144 g/mol. The fourth-order valence-electron chi connectivity index (χ4n) is 1.24. The maximum absolute atomic E-state index is 10.6. The van der Waals surface area contributed by atoms with Crippen molar-refractivity contribution in [1.82, 2.24) is 10.2 Å². The normalized spacial score (nSPS) is 27.9. The van der Waals surface area contributed by atoms with Gasteiger partial charge in [0, 0.05) is 26.2 Å². The molecule has 0 spiro atoms. The maximum atomic E-state index is 10.6. The molecule has 1 aliphatic heterocycles. The third kappa shape index (κ3) is 2.48. The number of likely N-dealkylation sites (N-methyl/N-ethyl adjacent to an activating group) is 1. The molecule has 0 amide bonds. The molecule has 1 heterocycles. The summed E-state index contributed by atoms with van der Waals surface area (Å²) < 4.78 is 0. The Morgan fingerprint density at radius 1 is 1.73 bits per heavy atom. The van der Waals surface area contributed by atoms with Gasteiger partial charge in [-0.05, 0) is 7.05 Å². The number of carboxylic acids is 1. The van der Waals surface area contributed by atoms with Gasteiger partial charge in [-0.25, -0.2) is 0 Å². The lowest BCUT2D eigenvalue weighted by atomic mass is 10.1. The number of hydrogen-bond donors (Lipinski definition) is 2. The number of nitrogens with zero attached hydrogens (tertiary/aromatic N) is 1. The van der Waals surface area contributed by atoms with Crippen LogP contribution in [-0.4, -0.2) is 49.2 Å². The zero-order valence-corrected chi connectivity index (χ0v) is 6.71. The van der Waals surface area contributed by atoms with Crippen LogP contribution in [0, 0.1) is 5.92 Å². The first-order valence-electron chi connectivity index (χ1n) is 3.82. The quantitative estimate of drug-likeness (QED) is 0.526. The number of rotatable bonds is 1. The monoisotopic (exact) mass is 158 g/mol. The second kappa shape index (κ2) is 3.69. The summed E-state index contributed by atoms with van der Waals surface area (Å²) in [5.74, 6) is -0.950. The molecular formula is C7H14N2O2. The SMILES string of the molecule is CN1CCNCC(C(=O)O)C1. The standard InChI is InChI=1S/C7H14N2O2/c1-9-3-2-8-4-6(5-9)7(10)11/h6,8H,2-5H2,1H3,(H,10,11). The molecule has 1 atom stereocenters. The highest BCUT2D eigenvalue weighted by Gasteiger charge is 2.20. The van der Waals surface area contributed by atoms with E-state index in [2.05, 4.69) is 5.32 Å². The Bertz CT molecular complexity index is 149. The zero-order chi connectivity index (χ0) is 8.27. The Balaban J connectivity index is 2.45. The molecule has 4 heteroatoms. The summed E-state index contributed by atoms with van der Waals surface area (Å²) in [5.41, 5.74) is 0. The molecule has 0 aromatic carbocycles. The number of carbonyl (C=O) groups is 1. The molecule has 1 saturated heterocycles. The van der Waals surface area contributed by atoms with E-state index >= 15 is 0 Å². The molecule has 0 saturated carbocycles. The van der Waals surface area contributed by atoms with Crippen molar-refractivity contribution in [2.45, 2.75) is 0 Å². The van der Waals surface area contributed by atoms with Crippen LogP contribution in [0.3, 0.4) is 0 Å². The van der Waals surface area contributed by atoms with E-state index in [1.807, 2.05) is 11.9 Å². The summed E-state index contributed by atoms with van der Waals surface area (Å²) in [4.78, 5) is 12.6. The molecule has 1 fully saturated rings. The van der Waals surface area contributed by atoms with E-state index in [4.69, 9.17) is 5.11 Å². The minimum atomic E-state index is -0.703. The molecule has 1 rings (SSSR count). The van der Waals surface area contributed by atoms with Crippen molar-refractivity contribution in [1.29, 1.82) is 0 Å². The molecule has 0 aromatic rings. The van der Waals surface area contributed by atoms with E-state index in [9.17, 15) is 4.79 Å². The molecule has 64 valence electrons. The molecule has 4 nitrogen and oxygen atoms in total. The molecule has 1 aliphatic rings. The second-order valence-corrected chi connectivity index (χ2v) is 3.00. The number of aliphatic carboxylic acids is 1. The topological polar surface area (TPSA) is 52.6 Å². The third-order valence-electron chi connectivity index (χ3n) is 1.94. The van der Waals surface area contributed by atoms with Crippen LogP contribution >= 0.6 is 0 Å². The lowest BCUT2D eigenvalue weighted by Gasteiger charge is -2.15. The van der Waals surface area contributed by atoms with Gasteiger partial charge in [0.2, 0.25) is 0 Å². The van der Waals surface area contributed by atoms with Gasteiger partial charge in [0.15, 0.2) is 0 Å². The van der Waals surface area contributed by atoms with E-state index in [-0.39, 0.29) is 5.92 Å². The van der Waals surface area contributed by atoms with Gasteiger partial charge in [-0.2, -0.15) is 0 Å². The second-order valence-electron chi connectivity index (χ2n) is 3.00. The van der Waals surface area contributed by atoms with Crippen LogP contribution in [0.4, 0.5) is 0 Å². The van der Waals surface area contributed by atoms with E-state index in [0.29, 0.717) is 13.1 Å². The van der Waals surface area contributed by atoms with Crippen LogP contribution in [0.25, 0.3) is 0 Å². The van der Waals surface area contributed by atoms with Crippen LogP contribution in [-0.2, 0) is 4.79 Å². The van der Waals surface area contributed by atoms with E-state index in [1.54, 1.807) is 0 Å². The Morgan fingerprint density at radius 3 is 3.09 bits per heavy atom. The van der Waals surface area contributed by atoms with Crippen LogP contribution in [0.15, 0.2) is 0 Å². The third-order valence-corrected chi connectivity index (χ3v) is 1.94. The maximum Gasteiger partial charge on any atom is 0.309 e. The van der Waals surface area contributed by atoms with Crippen LogP contribution in [0.1, 0.15) is 0 Å². The first-order chi connectivity index (χ1) is 5.20. The van der Waals surface area contributed by atoms with Crippen molar-refractivity contribution in [3.63, 3.8) is 0 Å². The summed E-state index contributed by atoms with van der Waals surface area (Å²) in [6.45, 7) is 3.08. The predicted molar refractivity (Wildman–Crippen MR) is 41.5 cm³/mol. The Hall–Kier alpha value is -0.610. The molecule has 2 N–H and O–H groups in total. The lowest BCUT2D eigenvalue weighted by Crippen LogP contribution is -2.31. The minimum Gasteiger partial charge on any atom is -0.481 e. The molecule has 11 heavy (non-hydrogen) atoms. The highest BCUT2D eigenvalue weighted by molar-refractivity contribution is 5.70. The molecule has 0 aliphatic carbocycles. The van der Waals surface area contributed by atoms with Gasteiger partial charge in [0.05, 0.1) is 5.92 Å². The van der Waals surface area contributed by atoms with Crippen molar-refractivity contribution in [2.24, 2.45) is 5.92 Å². The van der Waals surface area contributed by atoms with Gasteiger partial charge in [0.1, 0.15) is 0 Å². The molecule has 0 aromatic heterocycles. The summed E-state index contributed by atoms with van der Waals surface area (Å²) in [7, 11) is 1.95. The van der Waals surface area contributed by atoms with Crippen molar-refractivity contribution >= 4 is 5.97 Å². The summed E-state index contributed by atoms with van der Waals surface area (Å²) in [6, 6.07) is 0. The summed E-state index contributed by atoms with van der Waals surface area (Å²) in [6.07, 6.45) is 0. The van der Waals surface area contributed by atoms with Gasteiger partial charge < -0.3 is 15.3 Å². The smallest absolute Gasteiger partial charge is 0.309 e. The summed E-state index contributed by atoms with van der Waals surface area (Å²) in [5, 5.41) is 11.8. The number of hydrogen-bond acceptors (Lipinski definition) is 3. The Kier molecular flexibility index (Phi) is 2.84. The Morgan fingerprint density at radius 2 is 2.45 bits per heavy atom. The van der Waals surface area contributed by atoms with Crippen LogP contribution < -0.4 is 5.32 Å². The molecule has 1 unspecified atom stereocenters. The largest absolute Gasteiger partial charge is 0.481 e. The highest BCUT2D eigenvalue weighted by atomic mass is 16.4. The van der Waals surface area contributed by atoms with E-state index in [1.165, 1.54) is 0 Å². The first-order valence-corrected chi connectivity index (χ1v) is 3.82. The van der Waals surface area contributed by atoms with Gasteiger partial charge in [-0.3, -0.25) is 4.79 Å². The predicted octanol–water partition coefficient (Wildman–Crippen LogP) is -0.778. The number of carboxylic acid groups (broad SMARTS) is 1. The van der Waals surface area contributed by atoms with E-state index in [0.717, 1.165) is 13.1 Å². The molecule has 0 bridgehead atoms. The van der Waals surface area contributed by atoms with Crippen molar-refractivity contribution in [3.8, 4) is 0 Å². The van der Waals surface area contributed by atoms with Gasteiger partial charge in [-0.15, -0.1) is 0 Å². The van der Waals surface area contributed by atoms with Gasteiger partial charge >= 0.3 is 5.97 Å². The van der Waals surface area contributed by atoms with Gasteiger partial charge in [-0.1, -0.05) is 0 Å². The fraction of sp³-hybridized carbons (Fsp3) is 0.857. The first kappa shape index (κ1) is 8.49. The van der Waals surface area contributed by atoms with Crippen molar-refractivity contribution < 1.29 is 9.90 Å². The molecule has 0 radical (unpaired) electrons. The Labute approximate surface area is 66.2 Å².